The standard InChI is InChI=1S/C13H22N2O/c1-3-15-6-4-12(9-15)8-14-11(2)13-5-7-16-10-13/h5,7,10-12,14H,3-4,6,8-9H2,1-2H3. The summed E-state index contributed by atoms with van der Waals surface area (Å²) >= 11 is 0. The molecule has 0 bridgehead atoms. The van der Waals surface area contributed by atoms with E-state index in [1.807, 2.05) is 12.3 Å². The van der Waals surface area contributed by atoms with Crippen LogP contribution in [0.25, 0.3) is 0 Å². The largest absolute Gasteiger partial charge is 0.472 e. The average Bonchev–Trinajstić information content (AvgIpc) is 2.96. The molecule has 1 aliphatic heterocycles. The van der Waals surface area contributed by atoms with Gasteiger partial charge in [0.25, 0.3) is 0 Å². The van der Waals surface area contributed by atoms with Crippen molar-refractivity contribution < 1.29 is 4.42 Å². The highest BCUT2D eigenvalue weighted by Crippen LogP contribution is 2.17. The van der Waals surface area contributed by atoms with E-state index < -0.39 is 0 Å². The summed E-state index contributed by atoms with van der Waals surface area (Å²) in [7, 11) is 0. The Labute approximate surface area is 97.8 Å². The molecule has 0 amide bonds. The molecular weight excluding hydrogens is 200 g/mol. The fourth-order valence-corrected chi connectivity index (χ4v) is 2.35. The topological polar surface area (TPSA) is 28.4 Å². The maximum atomic E-state index is 5.09. The summed E-state index contributed by atoms with van der Waals surface area (Å²) < 4.78 is 5.09. The third-order valence-corrected chi connectivity index (χ3v) is 3.57. The number of hydrogen-bond donors (Lipinski definition) is 1. The van der Waals surface area contributed by atoms with Gasteiger partial charge in [0, 0.05) is 18.2 Å². The van der Waals surface area contributed by atoms with E-state index in [0.717, 1.165) is 12.5 Å². The Hall–Kier alpha value is -0.800. The molecule has 1 aromatic heterocycles. The number of nitrogens with one attached hydrogen (secondary N) is 1. The van der Waals surface area contributed by atoms with Crippen molar-refractivity contribution in [3.63, 3.8) is 0 Å². The van der Waals surface area contributed by atoms with Gasteiger partial charge in [-0.15, -0.1) is 0 Å². The van der Waals surface area contributed by atoms with Crippen molar-refractivity contribution in [3.8, 4) is 0 Å². The van der Waals surface area contributed by atoms with E-state index in [4.69, 9.17) is 4.42 Å². The highest BCUT2D eigenvalue weighted by molar-refractivity contribution is 5.10. The second kappa shape index (κ2) is 5.51. The maximum Gasteiger partial charge on any atom is 0.0950 e. The molecule has 0 aliphatic carbocycles. The van der Waals surface area contributed by atoms with Gasteiger partial charge in [0.05, 0.1) is 12.5 Å². The van der Waals surface area contributed by atoms with E-state index in [2.05, 4.69) is 24.1 Å². The zero-order valence-corrected chi connectivity index (χ0v) is 10.3. The number of furan rings is 1. The van der Waals surface area contributed by atoms with E-state index in [1.54, 1.807) is 6.26 Å². The van der Waals surface area contributed by atoms with Crippen LogP contribution in [-0.4, -0.2) is 31.1 Å². The van der Waals surface area contributed by atoms with Crippen molar-refractivity contribution in [1.29, 1.82) is 0 Å². The zero-order valence-electron chi connectivity index (χ0n) is 10.3. The van der Waals surface area contributed by atoms with Crippen LogP contribution < -0.4 is 5.32 Å². The van der Waals surface area contributed by atoms with E-state index in [9.17, 15) is 0 Å². The molecule has 2 atom stereocenters. The van der Waals surface area contributed by atoms with Crippen molar-refractivity contribution in [2.24, 2.45) is 5.92 Å². The van der Waals surface area contributed by atoms with Crippen LogP contribution in [-0.2, 0) is 0 Å². The van der Waals surface area contributed by atoms with Crippen molar-refractivity contribution in [2.75, 3.05) is 26.2 Å². The van der Waals surface area contributed by atoms with E-state index in [-0.39, 0.29) is 0 Å². The molecule has 2 rings (SSSR count). The Bertz CT molecular complexity index is 297. The van der Waals surface area contributed by atoms with Gasteiger partial charge in [-0.05, 0) is 45.0 Å². The molecule has 1 aromatic rings. The van der Waals surface area contributed by atoms with Gasteiger partial charge in [-0.2, -0.15) is 0 Å². The van der Waals surface area contributed by atoms with Gasteiger partial charge in [-0.25, -0.2) is 0 Å². The van der Waals surface area contributed by atoms with Gasteiger partial charge >= 0.3 is 0 Å². The molecular formula is C13H22N2O. The van der Waals surface area contributed by atoms with E-state index in [1.165, 1.54) is 31.6 Å². The van der Waals surface area contributed by atoms with Crippen LogP contribution in [0.2, 0.25) is 0 Å². The number of hydrogen-bond acceptors (Lipinski definition) is 3. The molecule has 0 spiro atoms. The van der Waals surface area contributed by atoms with E-state index in [0.29, 0.717) is 6.04 Å². The molecule has 1 aliphatic rings. The molecule has 0 aromatic carbocycles. The fraction of sp³-hybridized carbons (Fsp3) is 0.692. The van der Waals surface area contributed by atoms with Crippen molar-refractivity contribution >= 4 is 0 Å². The number of nitrogens with zero attached hydrogens (tertiary/aromatic N) is 1. The van der Waals surface area contributed by atoms with Crippen LogP contribution in [0, 0.1) is 5.92 Å². The molecule has 1 fully saturated rings. The van der Waals surface area contributed by atoms with Gasteiger partial charge in [-0.3, -0.25) is 0 Å². The molecule has 16 heavy (non-hydrogen) atoms. The highest BCUT2D eigenvalue weighted by Gasteiger charge is 2.21. The van der Waals surface area contributed by atoms with Gasteiger partial charge in [0.2, 0.25) is 0 Å². The predicted molar refractivity (Wildman–Crippen MR) is 65.3 cm³/mol. The lowest BCUT2D eigenvalue weighted by atomic mass is 10.1. The smallest absolute Gasteiger partial charge is 0.0950 e. The summed E-state index contributed by atoms with van der Waals surface area (Å²) in [5, 5.41) is 3.58. The molecule has 0 saturated carbocycles. The minimum Gasteiger partial charge on any atom is -0.472 e. The van der Waals surface area contributed by atoms with Crippen LogP contribution in [0.5, 0.6) is 0 Å². The SMILES string of the molecule is CCN1CCC(CNC(C)c2ccoc2)C1. The minimum absolute atomic E-state index is 0.398. The Balaban J connectivity index is 1.72. The minimum atomic E-state index is 0.398. The Morgan fingerprint density at radius 1 is 1.62 bits per heavy atom. The number of likely N-dealkylation sites (tertiary alicyclic amines) is 1. The summed E-state index contributed by atoms with van der Waals surface area (Å²) in [6.07, 6.45) is 4.89. The van der Waals surface area contributed by atoms with Crippen molar-refractivity contribution in [2.45, 2.75) is 26.3 Å². The summed E-state index contributed by atoms with van der Waals surface area (Å²) in [6, 6.07) is 2.43. The second-order valence-electron chi connectivity index (χ2n) is 4.73. The van der Waals surface area contributed by atoms with Crippen LogP contribution in [0.4, 0.5) is 0 Å². The molecule has 2 unspecified atom stereocenters. The monoisotopic (exact) mass is 222 g/mol. The zero-order chi connectivity index (χ0) is 11.4. The van der Waals surface area contributed by atoms with Crippen LogP contribution in [0.3, 0.4) is 0 Å². The summed E-state index contributed by atoms with van der Waals surface area (Å²) in [5.41, 5.74) is 1.24. The van der Waals surface area contributed by atoms with Crippen LogP contribution in [0.15, 0.2) is 23.0 Å². The van der Waals surface area contributed by atoms with Crippen molar-refractivity contribution in [1.82, 2.24) is 10.2 Å². The lowest BCUT2D eigenvalue weighted by Crippen LogP contribution is -2.28. The van der Waals surface area contributed by atoms with Crippen LogP contribution in [0.1, 0.15) is 31.9 Å². The first-order valence-electron chi connectivity index (χ1n) is 6.27. The normalized spacial score (nSPS) is 23.8. The van der Waals surface area contributed by atoms with Gasteiger partial charge < -0.3 is 14.6 Å². The second-order valence-corrected chi connectivity index (χ2v) is 4.73. The third-order valence-electron chi connectivity index (χ3n) is 3.57. The highest BCUT2D eigenvalue weighted by atomic mass is 16.3. The van der Waals surface area contributed by atoms with Gasteiger partial charge in [0.15, 0.2) is 0 Å². The fourth-order valence-electron chi connectivity index (χ4n) is 2.35. The van der Waals surface area contributed by atoms with E-state index >= 15 is 0 Å². The molecule has 1 N–H and O–H groups in total. The lowest BCUT2D eigenvalue weighted by Gasteiger charge is -2.17. The molecule has 90 valence electrons. The third kappa shape index (κ3) is 2.86. The Morgan fingerprint density at radius 2 is 2.50 bits per heavy atom. The molecule has 1 saturated heterocycles. The quantitative estimate of drug-likeness (QED) is 0.828. The first-order chi connectivity index (χ1) is 7.79. The molecule has 3 nitrogen and oxygen atoms in total. The molecule has 0 radical (unpaired) electrons. The van der Waals surface area contributed by atoms with Gasteiger partial charge in [0.1, 0.15) is 0 Å². The maximum absolute atomic E-state index is 5.09. The summed E-state index contributed by atoms with van der Waals surface area (Å²) in [6.45, 7) is 9.25. The summed E-state index contributed by atoms with van der Waals surface area (Å²) in [4.78, 5) is 2.52. The van der Waals surface area contributed by atoms with Crippen LogP contribution >= 0.6 is 0 Å². The predicted octanol–water partition coefficient (Wildman–Crippen LogP) is 2.27. The first-order valence-corrected chi connectivity index (χ1v) is 6.27. The molecule has 2 heterocycles. The lowest BCUT2D eigenvalue weighted by molar-refractivity contribution is 0.336. The van der Waals surface area contributed by atoms with Gasteiger partial charge in [-0.1, -0.05) is 6.92 Å². The Morgan fingerprint density at radius 3 is 3.12 bits per heavy atom. The molecule has 3 heteroatoms. The number of rotatable bonds is 5. The first kappa shape index (κ1) is 11.7. The summed E-state index contributed by atoms with van der Waals surface area (Å²) in [5.74, 6) is 0.814. The average molecular weight is 222 g/mol. The Kier molecular flexibility index (Phi) is 4.02. The van der Waals surface area contributed by atoms with Crippen molar-refractivity contribution in [3.05, 3.63) is 24.2 Å².